The first-order chi connectivity index (χ1) is 4.56. The summed E-state index contributed by atoms with van der Waals surface area (Å²) in [5.74, 6) is 4.38. The summed E-state index contributed by atoms with van der Waals surface area (Å²) in [5, 5.41) is 0. The number of hydrazine groups is 1. The quantitative estimate of drug-likeness (QED) is 0.153. The van der Waals surface area contributed by atoms with Crippen LogP contribution in [-0.4, -0.2) is 31.6 Å². The Balaban J connectivity index is 3.48. The molecule has 0 aromatic carbocycles. The van der Waals surface area contributed by atoms with Crippen LogP contribution >= 0.6 is 0 Å². The van der Waals surface area contributed by atoms with Gasteiger partial charge in [0.25, 0.3) is 10.1 Å². The van der Waals surface area contributed by atoms with Crippen molar-refractivity contribution in [2.45, 2.75) is 0 Å². The molecular weight excluding hydrogens is 158 g/mol. The first-order valence-electron chi connectivity index (χ1n) is 2.46. The smallest absolute Gasteiger partial charge is 0.266 e. The number of hydrogen-bond donors (Lipinski definition) is 3. The molecule has 0 rings (SSSR count). The van der Waals surface area contributed by atoms with Crippen LogP contribution in [-0.2, 0) is 10.1 Å². The summed E-state index contributed by atoms with van der Waals surface area (Å²) < 4.78 is 28.2. The third-order valence-electron chi connectivity index (χ3n) is 0.644. The van der Waals surface area contributed by atoms with Crippen molar-refractivity contribution < 1.29 is 13.0 Å². The van der Waals surface area contributed by atoms with Crippen molar-refractivity contribution in [3.8, 4) is 0 Å². The fourth-order valence-corrected chi connectivity index (χ4v) is 0.621. The van der Waals surface area contributed by atoms with Gasteiger partial charge in [-0.2, -0.15) is 8.42 Å². The maximum absolute atomic E-state index is 10.0. The van der Waals surface area contributed by atoms with Crippen LogP contribution in [0.25, 0.3) is 0 Å². The SMILES string of the molecule is NNC=NCCS(=O)(=O)O. The van der Waals surface area contributed by atoms with Gasteiger partial charge in [-0.3, -0.25) is 9.55 Å². The number of aliphatic imine (C=N–C) groups is 1. The zero-order valence-electron chi connectivity index (χ0n) is 5.19. The van der Waals surface area contributed by atoms with Crippen molar-refractivity contribution in [2.24, 2.45) is 10.8 Å². The highest BCUT2D eigenvalue weighted by atomic mass is 32.2. The highest BCUT2D eigenvalue weighted by Gasteiger charge is 2.00. The molecule has 4 N–H and O–H groups in total. The minimum atomic E-state index is -3.89. The Morgan fingerprint density at radius 2 is 2.30 bits per heavy atom. The fourth-order valence-electron chi connectivity index (χ4n) is 0.285. The number of nitrogens with two attached hydrogens (primary N) is 1. The zero-order valence-corrected chi connectivity index (χ0v) is 6.00. The van der Waals surface area contributed by atoms with E-state index >= 15 is 0 Å². The largest absolute Gasteiger partial charge is 0.315 e. The Morgan fingerprint density at radius 1 is 1.70 bits per heavy atom. The lowest BCUT2D eigenvalue weighted by Gasteiger charge is -1.90. The van der Waals surface area contributed by atoms with E-state index in [-0.39, 0.29) is 12.3 Å². The lowest BCUT2D eigenvalue weighted by atomic mass is 10.8. The van der Waals surface area contributed by atoms with E-state index in [0.29, 0.717) is 0 Å². The summed E-state index contributed by atoms with van der Waals surface area (Å²) >= 11 is 0. The number of nitrogens with one attached hydrogen (secondary N) is 1. The van der Waals surface area contributed by atoms with Crippen molar-refractivity contribution in [2.75, 3.05) is 12.3 Å². The Morgan fingerprint density at radius 3 is 2.70 bits per heavy atom. The average Bonchev–Trinajstić information content (AvgIpc) is 1.78. The van der Waals surface area contributed by atoms with Crippen LogP contribution in [0.3, 0.4) is 0 Å². The second kappa shape index (κ2) is 4.20. The molecular formula is C3H9N3O3S. The monoisotopic (exact) mass is 167 g/mol. The molecule has 60 valence electrons. The van der Waals surface area contributed by atoms with E-state index < -0.39 is 10.1 Å². The van der Waals surface area contributed by atoms with Gasteiger partial charge in [0.1, 0.15) is 0 Å². The third kappa shape index (κ3) is 7.34. The zero-order chi connectivity index (χ0) is 8.04. The van der Waals surface area contributed by atoms with Gasteiger partial charge in [0.05, 0.1) is 18.6 Å². The number of rotatable bonds is 4. The summed E-state index contributed by atoms with van der Waals surface area (Å²) in [7, 11) is -3.89. The van der Waals surface area contributed by atoms with E-state index in [1.165, 1.54) is 0 Å². The van der Waals surface area contributed by atoms with E-state index in [1.54, 1.807) is 0 Å². The van der Waals surface area contributed by atoms with Crippen LogP contribution in [0.5, 0.6) is 0 Å². The van der Waals surface area contributed by atoms with Crippen LogP contribution < -0.4 is 11.3 Å². The van der Waals surface area contributed by atoms with Gasteiger partial charge < -0.3 is 5.43 Å². The van der Waals surface area contributed by atoms with Crippen molar-refractivity contribution in [1.82, 2.24) is 5.43 Å². The normalized spacial score (nSPS) is 12.2. The molecule has 0 saturated heterocycles. The molecule has 0 fully saturated rings. The molecule has 0 aromatic heterocycles. The van der Waals surface area contributed by atoms with Gasteiger partial charge >= 0.3 is 0 Å². The fraction of sp³-hybridized carbons (Fsp3) is 0.667. The molecule has 0 unspecified atom stereocenters. The Kier molecular flexibility index (Phi) is 3.93. The molecule has 0 amide bonds. The molecule has 7 heteroatoms. The Hall–Kier alpha value is -0.660. The van der Waals surface area contributed by atoms with Gasteiger partial charge in [0, 0.05) is 0 Å². The lowest BCUT2D eigenvalue weighted by Crippen LogP contribution is -2.19. The molecule has 0 atom stereocenters. The molecule has 0 radical (unpaired) electrons. The minimum Gasteiger partial charge on any atom is -0.315 e. The van der Waals surface area contributed by atoms with Crippen LogP contribution in [0.2, 0.25) is 0 Å². The van der Waals surface area contributed by atoms with Crippen LogP contribution in [0.15, 0.2) is 4.99 Å². The third-order valence-corrected chi connectivity index (χ3v) is 1.34. The Labute approximate surface area is 58.9 Å². The molecule has 0 aromatic rings. The van der Waals surface area contributed by atoms with Crippen molar-refractivity contribution >= 4 is 16.5 Å². The standard InChI is InChI=1S/C3H9N3O3S/c4-6-3-5-1-2-10(7,8)9/h3H,1-2,4H2,(H,5,6)(H,7,8,9). The molecule has 0 aliphatic carbocycles. The number of hydrogen-bond acceptors (Lipinski definition) is 4. The van der Waals surface area contributed by atoms with Gasteiger partial charge in [-0.15, -0.1) is 0 Å². The summed E-state index contributed by atoms with van der Waals surface area (Å²) in [4.78, 5) is 3.47. The van der Waals surface area contributed by atoms with Crippen molar-refractivity contribution in [3.05, 3.63) is 0 Å². The predicted molar refractivity (Wildman–Crippen MR) is 37.1 cm³/mol. The minimum absolute atomic E-state index is 0.00301. The molecule has 0 spiro atoms. The van der Waals surface area contributed by atoms with E-state index in [9.17, 15) is 8.42 Å². The van der Waals surface area contributed by atoms with E-state index in [4.69, 9.17) is 10.4 Å². The molecule has 0 bridgehead atoms. The number of nitrogens with zero attached hydrogens (tertiary/aromatic N) is 1. The van der Waals surface area contributed by atoms with Crippen LogP contribution in [0.4, 0.5) is 0 Å². The maximum Gasteiger partial charge on any atom is 0.266 e. The maximum atomic E-state index is 10.0. The molecule has 0 heterocycles. The topological polar surface area (TPSA) is 105 Å². The predicted octanol–water partition coefficient (Wildman–Crippen LogP) is -1.63. The van der Waals surface area contributed by atoms with E-state index in [0.717, 1.165) is 6.34 Å². The van der Waals surface area contributed by atoms with Crippen molar-refractivity contribution in [3.63, 3.8) is 0 Å². The van der Waals surface area contributed by atoms with Gasteiger partial charge in [-0.25, -0.2) is 5.84 Å². The molecule has 0 saturated carbocycles. The van der Waals surface area contributed by atoms with Gasteiger partial charge in [-0.1, -0.05) is 0 Å². The van der Waals surface area contributed by atoms with E-state index in [1.807, 2.05) is 0 Å². The summed E-state index contributed by atoms with van der Waals surface area (Å²) in [6.07, 6.45) is 1.14. The lowest BCUT2D eigenvalue weighted by molar-refractivity contribution is 0.483. The highest BCUT2D eigenvalue weighted by molar-refractivity contribution is 7.85. The summed E-state index contributed by atoms with van der Waals surface area (Å²) in [5.41, 5.74) is 2.09. The highest BCUT2D eigenvalue weighted by Crippen LogP contribution is 1.80. The molecule has 10 heavy (non-hydrogen) atoms. The molecule has 6 nitrogen and oxygen atoms in total. The van der Waals surface area contributed by atoms with Crippen LogP contribution in [0.1, 0.15) is 0 Å². The first kappa shape index (κ1) is 9.34. The van der Waals surface area contributed by atoms with Crippen molar-refractivity contribution in [1.29, 1.82) is 0 Å². The summed E-state index contributed by atoms with van der Waals surface area (Å²) in [6.45, 7) is 0.00301. The Bertz CT molecular complexity index is 197. The molecule has 0 aliphatic heterocycles. The van der Waals surface area contributed by atoms with Crippen LogP contribution in [0, 0.1) is 0 Å². The first-order valence-corrected chi connectivity index (χ1v) is 4.07. The molecule has 0 aliphatic rings. The van der Waals surface area contributed by atoms with E-state index in [2.05, 4.69) is 10.4 Å². The van der Waals surface area contributed by atoms with Gasteiger partial charge in [0.2, 0.25) is 0 Å². The second-order valence-corrected chi connectivity index (χ2v) is 3.06. The van der Waals surface area contributed by atoms with Gasteiger partial charge in [0.15, 0.2) is 0 Å². The average molecular weight is 167 g/mol. The summed E-state index contributed by atoms with van der Waals surface area (Å²) in [6, 6.07) is 0. The second-order valence-electron chi connectivity index (χ2n) is 1.49. The van der Waals surface area contributed by atoms with Gasteiger partial charge in [-0.05, 0) is 0 Å².